The molecule has 0 bridgehead atoms. The summed E-state index contributed by atoms with van der Waals surface area (Å²) < 4.78 is 5.01. The Hall–Kier alpha value is -2.54. The Morgan fingerprint density at radius 3 is 2.85 bits per heavy atom. The van der Waals surface area contributed by atoms with Gasteiger partial charge in [-0.1, -0.05) is 24.3 Å². The molecule has 1 heterocycles. The highest BCUT2D eigenvalue weighted by Crippen LogP contribution is 2.33. The van der Waals surface area contributed by atoms with Crippen molar-refractivity contribution in [3.05, 3.63) is 63.7 Å². The zero-order chi connectivity index (χ0) is 18.7. The van der Waals surface area contributed by atoms with Gasteiger partial charge in [0, 0.05) is 23.5 Å². The number of fused-ring (bicyclic) bond motifs is 1. The maximum atomic E-state index is 12.7. The fourth-order valence-corrected chi connectivity index (χ4v) is 4.07. The Bertz CT molecular complexity index is 840. The monoisotopic (exact) mass is 372 g/mol. The highest BCUT2D eigenvalue weighted by atomic mass is 32.2. The first-order valence-electron chi connectivity index (χ1n) is 8.30. The zero-order valence-corrected chi connectivity index (χ0v) is 15.5. The van der Waals surface area contributed by atoms with Crippen LogP contribution in [0.1, 0.15) is 18.1 Å². The van der Waals surface area contributed by atoms with Gasteiger partial charge in [0.05, 0.1) is 17.8 Å². The first-order chi connectivity index (χ1) is 12.5. The number of para-hydroxylation sites is 1. The van der Waals surface area contributed by atoms with Crippen molar-refractivity contribution in [1.29, 1.82) is 0 Å². The molecule has 0 saturated heterocycles. The maximum Gasteiger partial charge on any atom is 0.311 e. The molecule has 1 amide bonds. The Morgan fingerprint density at radius 1 is 1.35 bits per heavy atom. The number of anilines is 1. The van der Waals surface area contributed by atoms with Crippen LogP contribution < -0.4 is 9.64 Å². The van der Waals surface area contributed by atoms with Crippen molar-refractivity contribution in [3.63, 3.8) is 0 Å². The quantitative estimate of drug-likeness (QED) is 0.569. The summed E-state index contributed by atoms with van der Waals surface area (Å²) in [6, 6.07) is 13.0. The molecule has 2 aromatic carbocycles. The number of benzene rings is 2. The van der Waals surface area contributed by atoms with E-state index in [4.69, 9.17) is 4.74 Å². The molecule has 26 heavy (non-hydrogen) atoms. The van der Waals surface area contributed by atoms with E-state index in [0.29, 0.717) is 11.5 Å². The lowest BCUT2D eigenvalue weighted by atomic mass is 10.1. The minimum atomic E-state index is -0.457. The number of carbonyl (C=O) groups excluding carboxylic acids is 1. The number of hydrogen-bond donors (Lipinski definition) is 0. The van der Waals surface area contributed by atoms with Crippen molar-refractivity contribution in [3.8, 4) is 5.75 Å². The Morgan fingerprint density at radius 2 is 2.12 bits per heavy atom. The molecule has 0 aliphatic carbocycles. The minimum Gasteiger partial charge on any atom is -0.490 e. The number of nitro benzene ring substituents is 1. The van der Waals surface area contributed by atoms with Gasteiger partial charge >= 0.3 is 5.69 Å². The lowest BCUT2D eigenvalue weighted by Gasteiger charge is -2.22. The molecule has 7 heteroatoms. The van der Waals surface area contributed by atoms with Gasteiger partial charge in [-0.05, 0) is 36.6 Å². The number of nitro groups is 1. The molecule has 1 unspecified atom stereocenters. The summed E-state index contributed by atoms with van der Waals surface area (Å²) in [7, 11) is 1.41. The summed E-state index contributed by atoms with van der Waals surface area (Å²) in [5.74, 6) is 1.16. The van der Waals surface area contributed by atoms with Gasteiger partial charge in [0.25, 0.3) is 0 Å². The van der Waals surface area contributed by atoms with Gasteiger partial charge in [0.2, 0.25) is 5.91 Å². The highest BCUT2D eigenvalue weighted by molar-refractivity contribution is 7.99. The van der Waals surface area contributed by atoms with Crippen molar-refractivity contribution in [1.82, 2.24) is 0 Å². The first-order valence-corrected chi connectivity index (χ1v) is 9.45. The van der Waals surface area contributed by atoms with E-state index in [0.717, 1.165) is 17.7 Å². The average molecular weight is 372 g/mol. The van der Waals surface area contributed by atoms with Gasteiger partial charge in [-0.25, -0.2) is 0 Å². The third-order valence-corrected chi connectivity index (χ3v) is 5.40. The summed E-state index contributed by atoms with van der Waals surface area (Å²) >= 11 is 1.46. The van der Waals surface area contributed by atoms with Crippen LogP contribution in [0.25, 0.3) is 0 Å². The number of methoxy groups -OCH3 is 1. The van der Waals surface area contributed by atoms with Crippen molar-refractivity contribution in [2.45, 2.75) is 25.1 Å². The predicted molar refractivity (Wildman–Crippen MR) is 103 cm³/mol. The van der Waals surface area contributed by atoms with Gasteiger partial charge < -0.3 is 9.64 Å². The molecular formula is C19H20N2O4S. The van der Waals surface area contributed by atoms with Crippen LogP contribution in [0.5, 0.6) is 5.75 Å². The first kappa shape index (κ1) is 18.3. The van der Waals surface area contributed by atoms with Gasteiger partial charge in [0.15, 0.2) is 5.75 Å². The van der Waals surface area contributed by atoms with Gasteiger partial charge in [-0.2, -0.15) is 0 Å². The molecule has 0 spiro atoms. The number of amides is 1. The fourth-order valence-electron chi connectivity index (χ4n) is 3.24. The number of carbonyl (C=O) groups is 1. The van der Waals surface area contributed by atoms with E-state index in [9.17, 15) is 14.9 Å². The number of ether oxygens (including phenoxy) is 1. The molecule has 6 nitrogen and oxygen atoms in total. The van der Waals surface area contributed by atoms with Crippen molar-refractivity contribution >= 4 is 29.0 Å². The van der Waals surface area contributed by atoms with E-state index in [2.05, 4.69) is 13.0 Å². The Balaban J connectivity index is 1.63. The Labute approximate surface area is 156 Å². The van der Waals surface area contributed by atoms with Crippen LogP contribution in [0.15, 0.2) is 42.5 Å². The van der Waals surface area contributed by atoms with Gasteiger partial charge in [-0.3, -0.25) is 14.9 Å². The van der Waals surface area contributed by atoms with Crippen LogP contribution in [0.3, 0.4) is 0 Å². The van der Waals surface area contributed by atoms with Crippen LogP contribution in [-0.2, 0) is 17.0 Å². The molecule has 0 aromatic heterocycles. The fraction of sp³-hybridized carbons (Fsp3) is 0.316. The SMILES string of the molecule is COc1ccc(CSCC(=O)N2c3ccccc3CC2C)cc1[N+](=O)[O-]. The smallest absolute Gasteiger partial charge is 0.311 e. The number of hydrogen-bond acceptors (Lipinski definition) is 5. The summed E-state index contributed by atoms with van der Waals surface area (Å²) in [6.45, 7) is 2.05. The van der Waals surface area contributed by atoms with E-state index in [-0.39, 0.29) is 23.4 Å². The van der Waals surface area contributed by atoms with Gasteiger partial charge in [-0.15, -0.1) is 11.8 Å². The normalized spacial score (nSPS) is 15.6. The maximum absolute atomic E-state index is 12.7. The molecule has 0 N–H and O–H groups in total. The summed E-state index contributed by atoms with van der Waals surface area (Å²) in [6.07, 6.45) is 0.872. The number of nitrogens with zero attached hydrogens (tertiary/aromatic N) is 2. The van der Waals surface area contributed by atoms with E-state index in [1.807, 2.05) is 23.1 Å². The number of thioether (sulfide) groups is 1. The van der Waals surface area contributed by atoms with Crippen molar-refractivity contribution < 1.29 is 14.5 Å². The molecule has 0 saturated carbocycles. The van der Waals surface area contributed by atoms with Crippen LogP contribution >= 0.6 is 11.8 Å². The van der Waals surface area contributed by atoms with Crippen LogP contribution in [0.4, 0.5) is 11.4 Å². The standard InChI is InChI=1S/C19H20N2O4S/c1-13-9-15-5-3-4-6-16(15)20(13)19(22)12-26-11-14-7-8-18(25-2)17(10-14)21(23)24/h3-8,10,13H,9,11-12H2,1-2H3. The third-order valence-electron chi connectivity index (χ3n) is 4.41. The summed E-state index contributed by atoms with van der Waals surface area (Å²) in [5.41, 5.74) is 2.93. The average Bonchev–Trinajstić information content (AvgIpc) is 2.97. The molecule has 3 rings (SSSR count). The topological polar surface area (TPSA) is 72.7 Å². The van der Waals surface area contributed by atoms with Crippen LogP contribution in [-0.4, -0.2) is 29.7 Å². The summed E-state index contributed by atoms with van der Waals surface area (Å²) in [5, 5.41) is 11.1. The molecule has 0 fully saturated rings. The van der Waals surface area contributed by atoms with E-state index < -0.39 is 4.92 Å². The third kappa shape index (κ3) is 3.67. The molecule has 1 aliphatic heterocycles. The minimum absolute atomic E-state index is 0.0565. The molecule has 0 radical (unpaired) electrons. The Kier molecular flexibility index (Phi) is 5.46. The zero-order valence-electron chi connectivity index (χ0n) is 14.7. The molecule has 1 aliphatic rings. The van der Waals surface area contributed by atoms with Gasteiger partial charge in [0.1, 0.15) is 0 Å². The molecule has 1 atom stereocenters. The van der Waals surface area contributed by atoms with E-state index in [1.165, 1.54) is 30.5 Å². The molecule has 2 aromatic rings. The lowest BCUT2D eigenvalue weighted by Crippen LogP contribution is -2.37. The van der Waals surface area contributed by atoms with Crippen molar-refractivity contribution in [2.75, 3.05) is 17.8 Å². The molecular weight excluding hydrogens is 352 g/mol. The van der Waals surface area contributed by atoms with Crippen molar-refractivity contribution in [2.24, 2.45) is 0 Å². The number of rotatable bonds is 6. The second kappa shape index (κ2) is 7.78. The second-order valence-electron chi connectivity index (χ2n) is 6.20. The molecule has 136 valence electrons. The van der Waals surface area contributed by atoms with Crippen LogP contribution in [0, 0.1) is 10.1 Å². The van der Waals surface area contributed by atoms with E-state index in [1.54, 1.807) is 12.1 Å². The second-order valence-corrected chi connectivity index (χ2v) is 7.19. The van der Waals surface area contributed by atoms with Crippen LogP contribution in [0.2, 0.25) is 0 Å². The predicted octanol–water partition coefficient (Wildman–Crippen LogP) is 3.81. The highest BCUT2D eigenvalue weighted by Gasteiger charge is 2.30. The lowest BCUT2D eigenvalue weighted by molar-refractivity contribution is -0.385. The summed E-state index contributed by atoms with van der Waals surface area (Å²) in [4.78, 5) is 25.2. The largest absolute Gasteiger partial charge is 0.490 e. The van der Waals surface area contributed by atoms with E-state index >= 15 is 0 Å².